The second kappa shape index (κ2) is 10.1. The Bertz CT molecular complexity index is 991. The molecule has 0 aromatic heterocycles. The van der Waals surface area contributed by atoms with E-state index in [2.05, 4.69) is 34.9 Å². The summed E-state index contributed by atoms with van der Waals surface area (Å²) in [6, 6.07) is 16.1. The molecule has 1 unspecified atom stereocenters. The van der Waals surface area contributed by atoms with Gasteiger partial charge in [0.25, 0.3) is 0 Å². The quantitative estimate of drug-likeness (QED) is 0.565. The number of amides is 2. The van der Waals surface area contributed by atoms with Gasteiger partial charge in [0.2, 0.25) is 5.91 Å². The van der Waals surface area contributed by atoms with Crippen molar-refractivity contribution in [3.8, 4) is 11.1 Å². The Balaban J connectivity index is 1.32. The minimum absolute atomic E-state index is 0.00632. The summed E-state index contributed by atoms with van der Waals surface area (Å²) in [6.45, 7) is 2.32. The molecule has 2 amide bonds. The van der Waals surface area contributed by atoms with E-state index in [1.165, 1.54) is 11.1 Å². The van der Waals surface area contributed by atoms with Gasteiger partial charge in [-0.2, -0.15) is 0 Å². The third kappa shape index (κ3) is 5.18. The Morgan fingerprint density at radius 2 is 1.67 bits per heavy atom. The zero-order chi connectivity index (χ0) is 23.4. The van der Waals surface area contributed by atoms with E-state index >= 15 is 0 Å². The zero-order valence-electron chi connectivity index (χ0n) is 18.8. The van der Waals surface area contributed by atoms with E-state index in [-0.39, 0.29) is 42.7 Å². The van der Waals surface area contributed by atoms with Gasteiger partial charge in [0.15, 0.2) is 0 Å². The summed E-state index contributed by atoms with van der Waals surface area (Å²) in [5.74, 6) is -1.52. The van der Waals surface area contributed by atoms with E-state index in [9.17, 15) is 14.4 Å². The number of alkyl carbamates (subject to hydrolysis) is 1. The highest BCUT2D eigenvalue weighted by Crippen LogP contribution is 2.44. The standard InChI is InChI=1S/C26H30N2O5/c1-16(13-24(29)30)14-27-25(31)21-11-6-12-23(21)28-26(32)33-15-22-19-9-4-2-7-17(19)18-8-3-5-10-20(18)22/h2-5,7-10,16,21-23H,6,11-15H2,1H3,(H,27,31)(H,28,32)(H,29,30)/t16?,21-,23+/m0/s1. The van der Waals surface area contributed by atoms with Crippen LogP contribution in [0.4, 0.5) is 4.79 Å². The molecule has 1 saturated carbocycles. The lowest BCUT2D eigenvalue weighted by Crippen LogP contribution is -2.45. The minimum atomic E-state index is -0.882. The summed E-state index contributed by atoms with van der Waals surface area (Å²) < 4.78 is 5.62. The van der Waals surface area contributed by atoms with Crippen LogP contribution in [0.3, 0.4) is 0 Å². The summed E-state index contributed by atoms with van der Waals surface area (Å²) in [6.07, 6.45) is 1.74. The molecule has 0 spiro atoms. The Kier molecular flexibility index (Phi) is 6.96. The number of carboxylic acids is 1. The van der Waals surface area contributed by atoms with Crippen LogP contribution in [0.15, 0.2) is 48.5 Å². The predicted octanol–water partition coefficient (Wildman–Crippen LogP) is 3.92. The number of carbonyl (C=O) groups excluding carboxylic acids is 2. The highest BCUT2D eigenvalue weighted by Gasteiger charge is 2.35. The third-order valence-electron chi connectivity index (χ3n) is 6.65. The lowest BCUT2D eigenvalue weighted by Gasteiger charge is -2.22. The summed E-state index contributed by atoms with van der Waals surface area (Å²) in [7, 11) is 0. The highest BCUT2D eigenvalue weighted by molar-refractivity contribution is 5.81. The number of ether oxygens (including phenoxy) is 1. The SMILES string of the molecule is CC(CNC(=O)[C@H]1CCC[C@H]1NC(=O)OCC1c2ccccc2-c2ccccc21)CC(=O)O. The first-order chi connectivity index (χ1) is 15.9. The first kappa shape index (κ1) is 22.8. The maximum atomic E-state index is 12.6. The molecule has 2 aromatic carbocycles. The number of nitrogens with one attached hydrogen (secondary N) is 2. The fourth-order valence-electron chi connectivity index (χ4n) is 5.01. The van der Waals surface area contributed by atoms with E-state index < -0.39 is 12.1 Å². The van der Waals surface area contributed by atoms with Crippen molar-refractivity contribution < 1.29 is 24.2 Å². The molecule has 3 N–H and O–H groups in total. The van der Waals surface area contributed by atoms with E-state index in [0.29, 0.717) is 19.4 Å². The van der Waals surface area contributed by atoms with Crippen molar-refractivity contribution in [2.75, 3.05) is 13.2 Å². The number of carbonyl (C=O) groups is 3. The van der Waals surface area contributed by atoms with Crippen LogP contribution in [0.2, 0.25) is 0 Å². The second-order valence-electron chi connectivity index (χ2n) is 9.06. The van der Waals surface area contributed by atoms with Crippen LogP contribution in [-0.4, -0.2) is 42.3 Å². The van der Waals surface area contributed by atoms with Gasteiger partial charge < -0.3 is 20.5 Å². The number of benzene rings is 2. The first-order valence-corrected chi connectivity index (χ1v) is 11.5. The molecule has 7 heteroatoms. The van der Waals surface area contributed by atoms with E-state index in [0.717, 1.165) is 17.5 Å². The zero-order valence-corrected chi connectivity index (χ0v) is 18.8. The van der Waals surface area contributed by atoms with E-state index in [1.807, 2.05) is 24.3 Å². The average Bonchev–Trinajstić information content (AvgIpc) is 3.38. The fraction of sp³-hybridized carbons (Fsp3) is 0.423. The lowest BCUT2D eigenvalue weighted by molar-refractivity contribution is -0.138. The van der Waals surface area contributed by atoms with Crippen LogP contribution in [0.5, 0.6) is 0 Å². The Morgan fingerprint density at radius 1 is 1.03 bits per heavy atom. The van der Waals surface area contributed by atoms with E-state index in [4.69, 9.17) is 9.84 Å². The maximum absolute atomic E-state index is 12.6. The molecule has 0 saturated heterocycles. The Hall–Kier alpha value is -3.35. The molecule has 2 aromatic rings. The Labute approximate surface area is 193 Å². The van der Waals surface area contributed by atoms with Gasteiger partial charge in [-0.3, -0.25) is 9.59 Å². The maximum Gasteiger partial charge on any atom is 0.407 e. The van der Waals surface area contributed by atoms with Gasteiger partial charge in [0.1, 0.15) is 6.61 Å². The molecule has 0 heterocycles. The van der Waals surface area contributed by atoms with Crippen molar-refractivity contribution in [2.45, 2.75) is 44.6 Å². The molecule has 0 radical (unpaired) electrons. The largest absolute Gasteiger partial charge is 0.481 e. The van der Waals surface area contributed by atoms with Crippen molar-refractivity contribution in [1.29, 1.82) is 0 Å². The minimum Gasteiger partial charge on any atom is -0.481 e. The van der Waals surface area contributed by atoms with Crippen molar-refractivity contribution in [1.82, 2.24) is 10.6 Å². The highest BCUT2D eigenvalue weighted by atomic mass is 16.5. The van der Waals surface area contributed by atoms with Crippen LogP contribution in [0.25, 0.3) is 11.1 Å². The van der Waals surface area contributed by atoms with Crippen molar-refractivity contribution in [3.63, 3.8) is 0 Å². The summed E-state index contributed by atoms with van der Waals surface area (Å²) in [5.41, 5.74) is 4.65. The van der Waals surface area contributed by atoms with Gasteiger partial charge in [-0.15, -0.1) is 0 Å². The monoisotopic (exact) mass is 450 g/mol. The number of fused-ring (bicyclic) bond motifs is 3. The van der Waals surface area contributed by atoms with Crippen LogP contribution in [-0.2, 0) is 14.3 Å². The normalized spacial score (nSPS) is 19.9. The van der Waals surface area contributed by atoms with Gasteiger partial charge in [-0.25, -0.2) is 4.79 Å². The molecular formula is C26H30N2O5. The first-order valence-electron chi connectivity index (χ1n) is 11.5. The van der Waals surface area contributed by atoms with Gasteiger partial charge >= 0.3 is 12.1 Å². The van der Waals surface area contributed by atoms with Gasteiger partial charge in [-0.05, 0) is 41.0 Å². The molecule has 3 atom stereocenters. The third-order valence-corrected chi connectivity index (χ3v) is 6.65. The molecule has 2 aliphatic rings. The molecule has 0 aliphatic heterocycles. The molecule has 7 nitrogen and oxygen atoms in total. The molecule has 2 aliphatic carbocycles. The van der Waals surface area contributed by atoms with Crippen LogP contribution < -0.4 is 10.6 Å². The van der Waals surface area contributed by atoms with Crippen molar-refractivity contribution in [2.24, 2.45) is 11.8 Å². The van der Waals surface area contributed by atoms with Crippen LogP contribution in [0.1, 0.15) is 49.7 Å². The number of hydrogen-bond donors (Lipinski definition) is 3. The van der Waals surface area contributed by atoms with Crippen LogP contribution in [0, 0.1) is 11.8 Å². The van der Waals surface area contributed by atoms with Crippen molar-refractivity contribution in [3.05, 3.63) is 59.7 Å². The molecule has 1 fully saturated rings. The summed E-state index contributed by atoms with van der Waals surface area (Å²) in [4.78, 5) is 36.0. The topological polar surface area (TPSA) is 105 Å². The number of hydrogen-bond acceptors (Lipinski definition) is 4. The van der Waals surface area contributed by atoms with Gasteiger partial charge in [-0.1, -0.05) is 61.9 Å². The molecule has 4 rings (SSSR count). The molecule has 33 heavy (non-hydrogen) atoms. The summed E-state index contributed by atoms with van der Waals surface area (Å²) >= 11 is 0. The molecule has 174 valence electrons. The smallest absolute Gasteiger partial charge is 0.407 e. The fourth-order valence-corrected chi connectivity index (χ4v) is 5.01. The summed E-state index contributed by atoms with van der Waals surface area (Å²) in [5, 5.41) is 14.6. The lowest BCUT2D eigenvalue weighted by atomic mass is 9.98. The number of rotatable bonds is 8. The Morgan fingerprint density at radius 3 is 2.30 bits per heavy atom. The molecule has 0 bridgehead atoms. The van der Waals surface area contributed by atoms with E-state index in [1.54, 1.807) is 6.92 Å². The van der Waals surface area contributed by atoms with Gasteiger partial charge in [0.05, 0.1) is 5.92 Å². The number of carboxylic acid groups (broad SMARTS) is 1. The van der Waals surface area contributed by atoms with Crippen LogP contribution >= 0.6 is 0 Å². The van der Waals surface area contributed by atoms with Gasteiger partial charge in [0, 0.05) is 24.9 Å². The predicted molar refractivity (Wildman–Crippen MR) is 124 cm³/mol. The average molecular weight is 451 g/mol. The van der Waals surface area contributed by atoms with Crippen molar-refractivity contribution >= 4 is 18.0 Å². The number of aliphatic carboxylic acids is 1. The molecular weight excluding hydrogens is 420 g/mol. The second-order valence-corrected chi connectivity index (χ2v) is 9.06.